The van der Waals surface area contributed by atoms with Gasteiger partial charge in [0.05, 0.1) is 12.6 Å². The molecule has 8 heteroatoms. The van der Waals surface area contributed by atoms with E-state index in [0.29, 0.717) is 10.6 Å². The molecule has 1 aliphatic heterocycles. The van der Waals surface area contributed by atoms with Crippen molar-refractivity contribution in [1.29, 1.82) is 0 Å². The Bertz CT molecular complexity index is 574. The predicted molar refractivity (Wildman–Crippen MR) is 73.0 cm³/mol. The van der Waals surface area contributed by atoms with Crippen molar-refractivity contribution in [2.75, 3.05) is 0 Å². The maximum absolute atomic E-state index is 11.4. The van der Waals surface area contributed by atoms with E-state index < -0.39 is 16.8 Å². The van der Waals surface area contributed by atoms with Crippen LogP contribution in [0.3, 0.4) is 0 Å². The number of rotatable bonds is 3. The zero-order valence-corrected chi connectivity index (χ0v) is 10.6. The van der Waals surface area contributed by atoms with Crippen molar-refractivity contribution in [1.82, 2.24) is 0 Å². The topological polar surface area (TPSA) is 120 Å². The maximum Gasteiger partial charge on any atom is 0.316 e. The molecule has 0 saturated heterocycles. The van der Waals surface area contributed by atoms with Crippen LogP contribution in [0.15, 0.2) is 34.3 Å². The van der Waals surface area contributed by atoms with E-state index in [9.17, 15) is 10.1 Å². The fourth-order valence-electron chi connectivity index (χ4n) is 1.83. The Hall–Kier alpha value is -1.99. The Morgan fingerprint density at radius 3 is 2.74 bits per heavy atom. The number of aliphatic imine (C=N–C) groups is 2. The molecule has 1 aromatic carbocycles. The molecule has 7 nitrogen and oxygen atoms in total. The molecule has 0 spiro atoms. The summed E-state index contributed by atoms with van der Waals surface area (Å²) in [6.45, 7) is 0. The van der Waals surface area contributed by atoms with Gasteiger partial charge in [-0.2, -0.15) is 0 Å². The highest BCUT2D eigenvalue weighted by atomic mass is 35.5. The van der Waals surface area contributed by atoms with Gasteiger partial charge in [0, 0.05) is 9.95 Å². The lowest BCUT2D eigenvalue weighted by Crippen LogP contribution is -2.56. The second kappa shape index (κ2) is 4.94. The average Bonchev–Trinajstić information content (AvgIpc) is 2.35. The number of benzene rings is 1. The van der Waals surface area contributed by atoms with Gasteiger partial charge in [-0.05, 0) is 11.6 Å². The minimum Gasteiger partial charge on any atom is -0.381 e. The van der Waals surface area contributed by atoms with E-state index in [2.05, 4.69) is 9.98 Å². The highest BCUT2D eigenvalue weighted by Crippen LogP contribution is 2.24. The van der Waals surface area contributed by atoms with Crippen molar-refractivity contribution in [3.8, 4) is 0 Å². The molecular weight excluding hydrogens is 270 g/mol. The van der Waals surface area contributed by atoms with Gasteiger partial charge < -0.3 is 5.73 Å². The molecule has 0 radical (unpaired) electrons. The van der Waals surface area contributed by atoms with E-state index in [4.69, 9.17) is 23.1 Å². The summed E-state index contributed by atoms with van der Waals surface area (Å²) < 4.78 is 0. The highest BCUT2D eigenvalue weighted by molar-refractivity contribution is 6.31. The molecule has 1 heterocycles. The SMILES string of the molecule is NC1=NC(N)N=CC1(Cc1ccccc1Cl)[N+](=O)[O-]. The molecule has 1 aliphatic rings. The van der Waals surface area contributed by atoms with E-state index >= 15 is 0 Å². The Balaban J connectivity index is 2.43. The second-order valence-corrected chi connectivity index (χ2v) is 4.56. The number of nitro groups is 1. The maximum atomic E-state index is 11.4. The summed E-state index contributed by atoms with van der Waals surface area (Å²) in [5.41, 5.74) is 10.1. The second-order valence-electron chi connectivity index (χ2n) is 4.16. The van der Waals surface area contributed by atoms with Crippen molar-refractivity contribution >= 4 is 23.7 Å². The summed E-state index contributed by atoms with van der Waals surface area (Å²) in [5.74, 6) is -0.167. The van der Waals surface area contributed by atoms with E-state index in [-0.39, 0.29) is 12.3 Å². The summed E-state index contributed by atoms with van der Waals surface area (Å²) in [5, 5.41) is 11.8. The molecule has 1 aromatic rings. The van der Waals surface area contributed by atoms with E-state index in [1.807, 2.05) is 0 Å². The first kappa shape index (κ1) is 13.4. The number of nitrogens with zero attached hydrogens (tertiary/aromatic N) is 3. The van der Waals surface area contributed by atoms with Crippen LogP contribution in [-0.2, 0) is 6.42 Å². The van der Waals surface area contributed by atoms with Crippen LogP contribution < -0.4 is 11.5 Å². The van der Waals surface area contributed by atoms with Crippen LogP contribution in [-0.4, -0.2) is 28.8 Å². The van der Waals surface area contributed by atoms with Crippen molar-refractivity contribution in [2.24, 2.45) is 21.5 Å². The zero-order valence-electron chi connectivity index (χ0n) is 9.86. The molecule has 0 aliphatic carbocycles. The lowest BCUT2D eigenvalue weighted by molar-refractivity contribution is -0.524. The monoisotopic (exact) mass is 281 g/mol. The third-order valence-electron chi connectivity index (χ3n) is 2.90. The number of hydrogen-bond acceptors (Lipinski definition) is 6. The Labute approximate surface area is 114 Å². The zero-order chi connectivity index (χ0) is 14.0. The molecule has 4 N–H and O–H groups in total. The van der Waals surface area contributed by atoms with Crippen molar-refractivity contribution in [3.63, 3.8) is 0 Å². The molecule has 0 amide bonds. The largest absolute Gasteiger partial charge is 0.381 e. The Morgan fingerprint density at radius 2 is 2.16 bits per heavy atom. The normalized spacial score (nSPS) is 26.0. The molecule has 0 bridgehead atoms. The first-order valence-corrected chi connectivity index (χ1v) is 5.85. The summed E-state index contributed by atoms with van der Waals surface area (Å²) in [6, 6.07) is 6.84. The third-order valence-corrected chi connectivity index (χ3v) is 3.27. The molecule has 2 atom stereocenters. The van der Waals surface area contributed by atoms with Gasteiger partial charge in [-0.15, -0.1) is 0 Å². The van der Waals surface area contributed by atoms with Gasteiger partial charge >= 0.3 is 5.54 Å². The van der Waals surface area contributed by atoms with Gasteiger partial charge in [0.25, 0.3) is 0 Å². The van der Waals surface area contributed by atoms with Crippen LogP contribution in [0.4, 0.5) is 0 Å². The Kier molecular flexibility index (Phi) is 3.50. The van der Waals surface area contributed by atoms with Crippen LogP contribution in [0.2, 0.25) is 5.02 Å². The van der Waals surface area contributed by atoms with E-state index in [1.54, 1.807) is 24.3 Å². The number of halogens is 1. The van der Waals surface area contributed by atoms with Gasteiger partial charge in [-0.25, -0.2) is 9.98 Å². The van der Waals surface area contributed by atoms with E-state index in [0.717, 1.165) is 6.21 Å². The summed E-state index contributed by atoms with van der Waals surface area (Å²) in [6.07, 6.45) is 0.230. The van der Waals surface area contributed by atoms with Crippen LogP contribution in [0, 0.1) is 10.1 Å². The minimum absolute atomic E-state index is 0.0226. The van der Waals surface area contributed by atoms with Gasteiger partial charge in [0.2, 0.25) is 0 Å². The lowest BCUT2D eigenvalue weighted by atomic mass is 9.90. The molecule has 0 aromatic heterocycles. The molecule has 2 rings (SSSR count). The third kappa shape index (κ3) is 2.42. The summed E-state index contributed by atoms with van der Waals surface area (Å²) >= 11 is 6.01. The van der Waals surface area contributed by atoms with E-state index in [1.165, 1.54) is 0 Å². The number of nitrogens with two attached hydrogens (primary N) is 2. The lowest BCUT2D eigenvalue weighted by Gasteiger charge is -2.24. The molecule has 0 saturated carbocycles. The average molecular weight is 282 g/mol. The number of amidine groups is 1. The summed E-state index contributed by atoms with van der Waals surface area (Å²) in [7, 11) is 0. The quantitative estimate of drug-likeness (QED) is 0.622. The Morgan fingerprint density at radius 1 is 1.47 bits per heavy atom. The molecular formula is C11H12ClN5O2. The fraction of sp³-hybridized carbons (Fsp3) is 0.273. The van der Waals surface area contributed by atoms with Crippen LogP contribution in [0.5, 0.6) is 0 Å². The fourth-order valence-corrected chi connectivity index (χ4v) is 2.03. The van der Waals surface area contributed by atoms with Crippen molar-refractivity contribution in [3.05, 3.63) is 45.0 Å². The first-order chi connectivity index (χ1) is 8.95. The van der Waals surface area contributed by atoms with Gasteiger partial charge in [0.1, 0.15) is 0 Å². The molecule has 0 fully saturated rings. The van der Waals surface area contributed by atoms with Crippen LogP contribution in [0.1, 0.15) is 5.56 Å². The predicted octanol–water partition coefficient (Wildman–Crippen LogP) is 0.582. The first-order valence-electron chi connectivity index (χ1n) is 5.47. The summed E-state index contributed by atoms with van der Waals surface area (Å²) in [4.78, 5) is 18.4. The van der Waals surface area contributed by atoms with Gasteiger partial charge in [-0.3, -0.25) is 15.8 Å². The van der Waals surface area contributed by atoms with Crippen molar-refractivity contribution in [2.45, 2.75) is 18.2 Å². The smallest absolute Gasteiger partial charge is 0.316 e. The van der Waals surface area contributed by atoms with Gasteiger partial charge in [-0.1, -0.05) is 29.8 Å². The number of hydrogen-bond donors (Lipinski definition) is 2. The van der Waals surface area contributed by atoms with Crippen molar-refractivity contribution < 1.29 is 4.92 Å². The van der Waals surface area contributed by atoms with Crippen LogP contribution in [0.25, 0.3) is 0 Å². The molecule has 100 valence electrons. The highest BCUT2D eigenvalue weighted by Gasteiger charge is 2.48. The minimum atomic E-state index is -1.69. The van der Waals surface area contributed by atoms with Gasteiger partial charge in [0.15, 0.2) is 12.1 Å². The molecule has 2 unspecified atom stereocenters. The van der Waals surface area contributed by atoms with Crippen LogP contribution >= 0.6 is 11.6 Å². The molecule has 19 heavy (non-hydrogen) atoms. The standard InChI is InChI=1S/C11H12ClN5O2/c12-8-4-2-1-3-7(8)5-11(17(18)19)6-15-10(14)16-9(11)13/h1-4,6,10H,5,14H2,(H2,13,16).